The quantitative estimate of drug-likeness (QED) is 0.919. The van der Waals surface area contributed by atoms with Crippen LogP contribution in [0.2, 0.25) is 0 Å². The molecule has 2 aromatic rings. The Bertz CT molecular complexity index is 781. The molecule has 6 heteroatoms. The lowest BCUT2D eigenvalue weighted by Gasteiger charge is -2.48. The number of carbonyl (C=O) groups is 1. The van der Waals surface area contributed by atoms with Crippen LogP contribution in [0.5, 0.6) is 0 Å². The van der Waals surface area contributed by atoms with Gasteiger partial charge in [-0.05, 0) is 30.9 Å². The highest BCUT2D eigenvalue weighted by molar-refractivity contribution is 5.77. The van der Waals surface area contributed by atoms with Crippen molar-refractivity contribution in [1.82, 2.24) is 14.9 Å². The Morgan fingerprint density at radius 3 is 2.77 bits per heavy atom. The number of nitrogens with two attached hydrogens (primary N) is 1. The first-order chi connectivity index (χ1) is 12.6. The topological polar surface area (TPSA) is 75.3 Å². The second-order valence-electron chi connectivity index (χ2n) is 7.54. The van der Waals surface area contributed by atoms with Gasteiger partial charge in [-0.2, -0.15) is 4.98 Å². The van der Waals surface area contributed by atoms with Crippen molar-refractivity contribution in [3.05, 3.63) is 48.2 Å². The number of nitrogen functional groups attached to an aromatic ring is 1. The van der Waals surface area contributed by atoms with Gasteiger partial charge in [-0.3, -0.25) is 4.79 Å². The van der Waals surface area contributed by atoms with Gasteiger partial charge in [0.1, 0.15) is 5.82 Å². The van der Waals surface area contributed by atoms with Gasteiger partial charge in [-0.25, -0.2) is 4.98 Å². The number of likely N-dealkylation sites (tertiary alicyclic amines) is 1. The van der Waals surface area contributed by atoms with Crippen LogP contribution in [0.25, 0.3) is 0 Å². The van der Waals surface area contributed by atoms with Crippen molar-refractivity contribution in [2.75, 3.05) is 30.3 Å². The monoisotopic (exact) mass is 351 g/mol. The largest absolute Gasteiger partial charge is 0.384 e. The van der Waals surface area contributed by atoms with Crippen molar-refractivity contribution in [2.24, 2.45) is 5.41 Å². The van der Waals surface area contributed by atoms with Crippen LogP contribution in [0, 0.1) is 5.41 Å². The van der Waals surface area contributed by atoms with Crippen LogP contribution < -0.4 is 10.6 Å². The number of rotatable bonds is 3. The fourth-order valence-electron chi connectivity index (χ4n) is 4.28. The molecule has 2 N–H and O–H groups in total. The van der Waals surface area contributed by atoms with Gasteiger partial charge in [0.15, 0.2) is 0 Å². The molecule has 0 aliphatic carbocycles. The molecule has 0 bridgehead atoms. The van der Waals surface area contributed by atoms with Crippen LogP contribution in [-0.2, 0) is 11.3 Å². The molecule has 6 nitrogen and oxygen atoms in total. The van der Waals surface area contributed by atoms with E-state index in [1.807, 2.05) is 23.1 Å². The van der Waals surface area contributed by atoms with Crippen LogP contribution in [0.4, 0.5) is 11.8 Å². The molecule has 1 atom stereocenters. The lowest BCUT2D eigenvalue weighted by atomic mass is 9.73. The zero-order valence-corrected chi connectivity index (χ0v) is 15.0. The Hall–Kier alpha value is -2.63. The van der Waals surface area contributed by atoms with Gasteiger partial charge in [0.05, 0.1) is 0 Å². The Labute approximate surface area is 154 Å². The van der Waals surface area contributed by atoms with Crippen molar-refractivity contribution in [3.63, 3.8) is 0 Å². The summed E-state index contributed by atoms with van der Waals surface area (Å²) in [5, 5.41) is 0. The Balaban J connectivity index is 1.51. The zero-order chi connectivity index (χ0) is 18.0. The third kappa shape index (κ3) is 3.49. The summed E-state index contributed by atoms with van der Waals surface area (Å²) >= 11 is 0. The van der Waals surface area contributed by atoms with E-state index in [0.717, 1.165) is 38.9 Å². The second-order valence-corrected chi connectivity index (χ2v) is 7.54. The first-order valence-electron chi connectivity index (χ1n) is 9.29. The van der Waals surface area contributed by atoms with E-state index in [9.17, 15) is 4.79 Å². The van der Waals surface area contributed by atoms with Gasteiger partial charge in [0, 0.05) is 44.2 Å². The van der Waals surface area contributed by atoms with Gasteiger partial charge in [-0.15, -0.1) is 0 Å². The summed E-state index contributed by atoms with van der Waals surface area (Å²) in [6.07, 6.45) is 5.51. The highest BCUT2D eigenvalue weighted by Gasteiger charge is 2.42. The van der Waals surface area contributed by atoms with Crippen molar-refractivity contribution in [2.45, 2.75) is 32.2 Å². The Morgan fingerprint density at radius 1 is 1.12 bits per heavy atom. The third-order valence-corrected chi connectivity index (χ3v) is 5.57. The predicted octanol–water partition coefficient (Wildman–Crippen LogP) is 2.47. The van der Waals surface area contributed by atoms with Crippen LogP contribution in [0.3, 0.4) is 0 Å². The SMILES string of the molecule is Nc1ccnc(N2CCC[C@]3(CCC(=O)N(Cc4ccccc4)C3)C2)n1. The lowest BCUT2D eigenvalue weighted by Crippen LogP contribution is -2.54. The molecule has 0 radical (unpaired) electrons. The molecule has 1 spiro atoms. The number of hydrogen-bond donors (Lipinski definition) is 1. The number of piperidine rings is 2. The molecule has 1 aromatic carbocycles. The summed E-state index contributed by atoms with van der Waals surface area (Å²) in [7, 11) is 0. The molecule has 1 aromatic heterocycles. The van der Waals surface area contributed by atoms with Crippen LogP contribution in [-0.4, -0.2) is 40.4 Å². The van der Waals surface area contributed by atoms with Gasteiger partial charge >= 0.3 is 0 Å². The summed E-state index contributed by atoms with van der Waals surface area (Å²) < 4.78 is 0. The van der Waals surface area contributed by atoms with Gasteiger partial charge in [0.2, 0.25) is 11.9 Å². The lowest BCUT2D eigenvalue weighted by molar-refractivity contribution is -0.138. The van der Waals surface area contributed by atoms with Crippen LogP contribution in [0.1, 0.15) is 31.2 Å². The van der Waals surface area contributed by atoms with Gasteiger partial charge < -0.3 is 15.5 Å². The normalized spacial score (nSPS) is 23.5. The van der Waals surface area contributed by atoms with Crippen molar-refractivity contribution < 1.29 is 4.79 Å². The Kier molecular flexibility index (Phi) is 4.49. The molecule has 4 rings (SSSR count). The highest BCUT2D eigenvalue weighted by Crippen LogP contribution is 2.40. The molecule has 0 unspecified atom stereocenters. The first kappa shape index (κ1) is 16.8. The van der Waals surface area contributed by atoms with E-state index in [4.69, 9.17) is 5.73 Å². The molecule has 2 aliphatic heterocycles. The number of carbonyl (C=O) groups excluding carboxylic acids is 1. The standard InChI is InChI=1S/C20H25N5O/c21-17-8-11-22-19(23-17)24-12-4-9-20(14-24)10-7-18(26)25(15-20)13-16-5-2-1-3-6-16/h1-3,5-6,8,11H,4,7,9-10,12-15H2,(H2,21,22,23)/t20-/m0/s1. The Morgan fingerprint density at radius 2 is 1.96 bits per heavy atom. The third-order valence-electron chi connectivity index (χ3n) is 5.57. The van der Waals surface area contributed by atoms with E-state index in [1.165, 1.54) is 5.56 Å². The average Bonchev–Trinajstić information content (AvgIpc) is 2.66. The predicted molar refractivity (Wildman–Crippen MR) is 101 cm³/mol. The summed E-state index contributed by atoms with van der Waals surface area (Å²) in [4.78, 5) is 25.5. The molecule has 2 aliphatic rings. The number of anilines is 2. The van der Waals surface area contributed by atoms with E-state index in [-0.39, 0.29) is 11.3 Å². The molecule has 2 fully saturated rings. The van der Waals surface area contributed by atoms with Crippen molar-refractivity contribution >= 4 is 17.7 Å². The van der Waals surface area contributed by atoms with Gasteiger partial charge in [0.25, 0.3) is 0 Å². The summed E-state index contributed by atoms with van der Waals surface area (Å²) in [6, 6.07) is 11.9. The molecular formula is C20H25N5O. The fourth-order valence-corrected chi connectivity index (χ4v) is 4.28. The maximum absolute atomic E-state index is 12.5. The number of amides is 1. The number of nitrogens with zero attached hydrogens (tertiary/aromatic N) is 4. The first-order valence-corrected chi connectivity index (χ1v) is 9.29. The molecule has 0 saturated carbocycles. The number of aromatic nitrogens is 2. The van der Waals surface area contributed by atoms with Crippen LogP contribution >= 0.6 is 0 Å². The second kappa shape index (κ2) is 6.94. The maximum Gasteiger partial charge on any atom is 0.227 e. The molecule has 26 heavy (non-hydrogen) atoms. The van der Waals surface area contributed by atoms with Crippen molar-refractivity contribution in [3.8, 4) is 0 Å². The van der Waals surface area contributed by atoms with E-state index in [2.05, 4.69) is 27.0 Å². The molecular weight excluding hydrogens is 326 g/mol. The smallest absolute Gasteiger partial charge is 0.227 e. The summed E-state index contributed by atoms with van der Waals surface area (Å²) in [5.74, 6) is 1.46. The maximum atomic E-state index is 12.5. The number of hydrogen-bond acceptors (Lipinski definition) is 5. The minimum absolute atomic E-state index is 0.120. The molecule has 1 amide bonds. The zero-order valence-electron chi connectivity index (χ0n) is 15.0. The highest BCUT2D eigenvalue weighted by atomic mass is 16.2. The minimum atomic E-state index is 0.120. The molecule has 136 valence electrons. The van der Waals surface area contributed by atoms with E-state index < -0.39 is 0 Å². The van der Waals surface area contributed by atoms with Crippen LogP contribution in [0.15, 0.2) is 42.6 Å². The van der Waals surface area contributed by atoms with Crippen molar-refractivity contribution in [1.29, 1.82) is 0 Å². The molecule has 3 heterocycles. The van der Waals surface area contributed by atoms with E-state index in [1.54, 1.807) is 12.3 Å². The minimum Gasteiger partial charge on any atom is -0.384 e. The van der Waals surface area contributed by atoms with E-state index >= 15 is 0 Å². The average molecular weight is 351 g/mol. The summed E-state index contributed by atoms with van der Waals surface area (Å²) in [5.41, 5.74) is 7.14. The molecule has 2 saturated heterocycles. The van der Waals surface area contributed by atoms with Gasteiger partial charge in [-0.1, -0.05) is 30.3 Å². The van der Waals surface area contributed by atoms with E-state index in [0.29, 0.717) is 24.7 Å². The number of benzene rings is 1. The summed E-state index contributed by atoms with van der Waals surface area (Å²) in [6.45, 7) is 3.32. The fraction of sp³-hybridized carbons (Fsp3) is 0.450.